The molecule has 9 heteroatoms. The first-order valence-electron chi connectivity index (χ1n) is 7.62. The first-order valence-corrected chi connectivity index (χ1v) is 9.11. The van der Waals surface area contributed by atoms with Crippen LogP contribution in [0.4, 0.5) is 0 Å². The Labute approximate surface area is 147 Å². The van der Waals surface area contributed by atoms with Gasteiger partial charge in [0.15, 0.2) is 0 Å². The number of carbonyl (C=O) groups is 2. The Kier molecular flexibility index (Phi) is 6.55. The van der Waals surface area contributed by atoms with Crippen LogP contribution < -0.4 is 14.8 Å². The number of rotatable bonds is 8. The molecule has 1 aromatic carbocycles. The first-order chi connectivity index (χ1) is 11.5. The van der Waals surface area contributed by atoms with Crippen molar-refractivity contribution < 1.29 is 27.9 Å². The fourth-order valence-corrected chi connectivity index (χ4v) is 3.09. The molecular formula is C16H24N2O6S. The van der Waals surface area contributed by atoms with Gasteiger partial charge in [0.25, 0.3) is 5.91 Å². The Morgan fingerprint density at radius 1 is 1.32 bits per heavy atom. The van der Waals surface area contributed by atoms with Gasteiger partial charge in [0.05, 0.1) is 19.1 Å². The van der Waals surface area contributed by atoms with Crippen LogP contribution in [-0.2, 0) is 14.8 Å². The topological polar surface area (TPSA) is 122 Å². The minimum atomic E-state index is -3.83. The summed E-state index contributed by atoms with van der Waals surface area (Å²) in [6, 6.07) is 3.99. The molecule has 0 heterocycles. The minimum absolute atomic E-state index is 0.0897. The van der Waals surface area contributed by atoms with E-state index in [4.69, 9.17) is 9.84 Å². The molecule has 0 aromatic heterocycles. The summed E-state index contributed by atoms with van der Waals surface area (Å²) in [6.45, 7) is 5.24. The summed E-state index contributed by atoms with van der Waals surface area (Å²) in [7, 11) is -1.25. The lowest BCUT2D eigenvalue weighted by atomic mass is 9.85. The zero-order chi connectivity index (χ0) is 19.4. The van der Waals surface area contributed by atoms with E-state index in [1.807, 2.05) is 0 Å². The molecule has 3 N–H and O–H groups in total. The van der Waals surface area contributed by atoms with E-state index in [0.717, 1.165) is 0 Å². The predicted octanol–water partition coefficient (Wildman–Crippen LogP) is 1.22. The molecule has 25 heavy (non-hydrogen) atoms. The third-order valence-electron chi connectivity index (χ3n) is 4.18. The van der Waals surface area contributed by atoms with Crippen molar-refractivity contribution in [2.75, 3.05) is 14.2 Å². The number of carbonyl (C=O) groups excluding carboxylic acids is 1. The molecule has 0 bridgehead atoms. The van der Waals surface area contributed by atoms with Gasteiger partial charge in [0.1, 0.15) is 10.6 Å². The lowest BCUT2D eigenvalue weighted by molar-refractivity contribution is -0.138. The van der Waals surface area contributed by atoms with E-state index >= 15 is 0 Å². The Bertz CT molecular complexity index is 760. The second-order valence-electron chi connectivity index (χ2n) is 6.17. The number of nitrogens with one attached hydrogen (secondary N) is 2. The van der Waals surface area contributed by atoms with Gasteiger partial charge in [0, 0.05) is 5.56 Å². The molecule has 0 aliphatic rings. The fourth-order valence-electron chi connectivity index (χ4n) is 2.18. The number of aliphatic carboxylic acids is 1. The van der Waals surface area contributed by atoms with E-state index in [1.54, 1.807) is 20.8 Å². The summed E-state index contributed by atoms with van der Waals surface area (Å²) in [6.07, 6.45) is -0.256. The Morgan fingerprint density at radius 2 is 1.92 bits per heavy atom. The highest BCUT2D eigenvalue weighted by molar-refractivity contribution is 7.89. The smallest absolute Gasteiger partial charge is 0.305 e. The molecular weight excluding hydrogens is 348 g/mol. The third-order valence-corrected chi connectivity index (χ3v) is 5.61. The Hall–Kier alpha value is -2.13. The van der Waals surface area contributed by atoms with Crippen LogP contribution in [0.5, 0.6) is 5.75 Å². The lowest BCUT2D eigenvalue weighted by Crippen LogP contribution is -2.51. The molecule has 8 nitrogen and oxygen atoms in total. The Balaban J connectivity index is 3.26. The normalized spacial score (nSPS) is 14.0. The number of sulfonamides is 1. The molecule has 0 saturated carbocycles. The fraction of sp³-hybridized carbons (Fsp3) is 0.500. The predicted molar refractivity (Wildman–Crippen MR) is 92.2 cm³/mol. The molecule has 0 fully saturated rings. The molecule has 1 amide bonds. The molecule has 140 valence electrons. The molecule has 1 unspecified atom stereocenters. The molecule has 0 radical (unpaired) electrons. The van der Waals surface area contributed by atoms with Crippen LogP contribution in [0.1, 0.15) is 37.6 Å². The van der Waals surface area contributed by atoms with Gasteiger partial charge < -0.3 is 15.2 Å². The van der Waals surface area contributed by atoms with Crippen molar-refractivity contribution in [1.29, 1.82) is 0 Å². The molecule has 1 rings (SSSR count). The van der Waals surface area contributed by atoms with Gasteiger partial charge in [-0.3, -0.25) is 9.59 Å². The van der Waals surface area contributed by atoms with Crippen molar-refractivity contribution in [3.8, 4) is 5.75 Å². The average molecular weight is 372 g/mol. The van der Waals surface area contributed by atoms with Gasteiger partial charge in [0.2, 0.25) is 10.0 Å². The highest BCUT2D eigenvalue weighted by Crippen LogP contribution is 2.26. The van der Waals surface area contributed by atoms with Crippen molar-refractivity contribution in [1.82, 2.24) is 10.0 Å². The van der Waals surface area contributed by atoms with Crippen molar-refractivity contribution in [3.05, 3.63) is 23.8 Å². The van der Waals surface area contributed by atoms with Gasteiger partial charge in [-0.15, -0.1) is 0 Å². The van der Waals surface area contributed by atoms with Crippen molar-refractivity contribution in [2.45, 2.75) is 37.6 Å². The number of carboxylic acid groups (broad SMARTS) is 1. The van der Waals surface area contributed by atoms with Crippen LogP contribution in [0.25, 0.3) is 0 Å². The highest BCUT2D eigenvalue weighted by Gasteiger charge is 2.33. The lowest BCUT2D eigenvalue weighted by Gasteiger charge is -2.33. The number of hydrogen-bond acceptors (Lipinski definition) is 5. The Morgan fingerprint density at radius 3 is 2.36 bits per heavy atom. The average Bonchev–Trinajstić information content (AvgIpc) is 2.53. The maximum absolute atomic E-state index is 12.6. The standard InChI is InChI=1S/C16H24N2O6S/c1-10(2)16(3,9-14(19)20)18-15(21)11-6-7-12(24-5)13(8-11)25(22,23)17-4/h6-8,10,17H,9H2,1-5H3,(H,18,21)(H,19,20). The van der Waals surface area contributed by atoms with Crippen LogP contribution in [0, 0.1) is 5.92 Å². The van der Waals surface area contributed by atoms with Gasteiger partial charge in [-0.05, 0) is 38.1 Å². The van der Waals surface area contributed by atoms with Crippen molar-refractivity contribution in [3.63, 3.8) is 0 Å². The molecule has 0 aliphatic heterocycles. The van der Waals surface area contributed by atoms with E-state index in [-0.39, 0.29) is 28.5 Å². The number of ether oxygens (including phenoxy) is 1. The summed E-state index contributed by atoms with van der Waals surface area (Å²) in [4.78, 5) is 23.5. The molecule has 0 spiro atoms. The van der Waals surface area contributed by atoms with E-state index < -0.39 is 27.4 Å². The SMILES string of the molecule is CNS(=O)(=O)c1cc(C(=O)NC(C)(CC(=O)O)C(C)C)ccc1OC. The first kappa shape index (κ1) is 20.9. The van der Waals surface area contributed by atoms with Gasteiger partial charge >= 0.3 is 5.97 Å². The molecule has 0 saturated heterocycles. The quantitative estimate of drug-likeness (QED) is 0.631. The van der Waals surface area contributed by atoms with E-state index in [1.165, 1.54) is 32.4 Å². The van der Waals surface area contributed by atoms with Crippen LogP contribution in [-0.4, -0.2) is 45.1 Å². The van der Waals surface area contributed by atoms with E-state index in [9.17, 15) is 18.0 Å². The van der Waals surface area contributed by atoms with Gasteiger partial charge in [-0.2, -0.15) is 0 Å². The summed E-state index contributed by atoms with van der Waals surface area (Å²) in [5.74, 6) is -1.65. The zero-order valence-corrected chi connectivity index (χ0v) is 15.7. The van der Waals surface area contributed by atoms with E-state index in [2.05, 4.69) is 10.0 Å². The highest BCUT2D eigenvalue weighted by atomic mass is 32.2. The number of carboxylic acids is 1. The summed E-state index contributed by atoms with van der Waals surface area (Å²) in [5.41, 5.74) is -0.892. The number of benzene rings is 1. The third kappa shape index (κ3) is 4.93. The van der Waals surface area contributed by atoms with E-state index in [0.29, 0.717) is 0 Å². The van der Waals surface area contributed by atoms with Crippen LogP contribution >= 0.6 is 0 Å². The second-order valence-corrected chi connectivity index (χ2v) is 8.02. The molecule has 0 aliphatic carbocycles. The summed E-state index contributed by atoms with van der Waals surface area (Å²) >= 11 is 0. The molecule has 1 atom stereocenters. The number of amides is 1. The summed E-state index contributed by atoms with van der Waals surface area (Å²) in [5, 5.41) is 11.8. The minimum Gasteiger partial charge on any atom is -0.495 e. The van der Waals surface area contributed by atoms with Crippen molar-refractivity contribution >= 4 is 21.9 Å². The van der Waals surface area contributed by atoms with Crippen LogP contribution in [0.3, 0.4) is 0 Å². The second kappa shape index (κ2) is 7.83. The van der Waals surface area contributed by atoms with Gasteiger partial charge in [-0.25, -0.2) is 13.1 Å². The number of hydrogen-bond donors (Lipinski definition) is 3. The largest absolute Gasteiger partial charge is 0.495 e. The summed E-state index contributed by atoms with van der Waals surface area (Å²) < 4.78 is 31.4. The zero-order valence-electron chi connectivity index (χ0n) is 14.9. The maximum atomic E-state index is 12.6. The molecule has 1 aromatic rings. The van der Waals surface area contributed by atoms with Gasteiger partial charge in [-0.1, -0.05) is 13.8 Å². The van der Waals surface area contributed by atoms with Crippen LogP contribution in [0.2, 0.25) is 0 Å². The number of methoxy groups -OCH3 is 1. The monoisotopic (exact) mass is 372 g/mol. The maximum Gasteiger partial charge on any atom is 0.305 e. The van der Waals surface area contributed by atoms with Crippen molar-refractivity contribution in [2.24, 2.45) is 5.92 Å². The van der Waals surface area contributed by atoms with Crippen LogP contribution in [0.15, 0.2) is 23.1 Å².